The molecule has 0 saturated carbocycles. The first-order valence-corrected chi connectivity index (χ1v) is 5.31. The minimum atomic E-state index is 0.610. The molecule has 88 valence electrons. The van der Waals surface area contributed by atoms with Crippen LogP contribution in [0.25, 0.3) is 0 Å². The van der Waals surface area contributed by atoms with Crippen LogP contribution >= 0.6 is 0 Å². The van der Waals surface area contributed by atoms with Crippen LogP contribution in [0.2, 0.25) is 0 Å². The fraction of sp³-hybridized carbons (Fsp3) is 0.417. The SMILES string of the molecule is COCCN=C(Cc1ccccc1C)NN. The number of hydrogen-bond acceptors (Lipinski definition) is 3. The second-order valence-corrected chi connectivity index (χ2v) is 3.57. The molecule has 0 unspecified atom stereocenters. The molecule has 0 fully saturated rings. The summed E-state index contributed by atoms with van der Waals surface area (Å²) >= 11 is 0. The van der Waals surface area contributed by atoms with Gasteiger partial charge in [0, 0.05) is 13.5 Å². The Morgan fingerprint density at radius 2 is 2.19 bits per heavy atom. The van der Waals surface area contributed by atoms with E-state index in [4.69, 9.17) is 10.6 Å². The number of nitrogens with two attached hydrogens (primary N) is 1. The highest BCUT2D eigenvalue weighted by atomic mass is 16.5. The summed E-state index contributed by atoms with van der Waals surface area (Å²) in [6.45, 7) is 3.32. The number of rotatable bonds is 5. The minimum Gasteiger partial charge on any atom is -0.383 e. The van der Waals surface area contributed by atoms with Crippen molar-refractivity contribution in [2.24, 2.45) is 10.8 Å². The van der Waals surface area contributed by atoms with E-state index in [9.17, 15) is 0 Å². The number of methoxy groups -OCH3 is 1. The quantitative estimate of drug-likeness (QED) is 0.257. The average Bonchev–Trinajstić information content (AvgIpc) is 2.30. The molecule has 0 heterocycles. The van der Waals surface area contributed by atoms with E-state index in [1.54, 1.807) is 7.11 Å². The van der Waals surface area contributed by atoms with Crippen LogP contribution in [0.1, 0.15) is 11.1 Å². The van der Waals surface area contributed by atoms with Crippen LogP contribution in [0, 0.1) is 6.92 Å². The molecule has 4 heteroatoms. The third-order valence-corrected chi connectivity index (χ3v) is 2.38. The van der Waals surface area contributed by atoms with Gasteiger partial charge in [0.1, 0.15) is 5.84 Å². The van der Waals surface area contributed by atoms with Crippen molar-refractivity contribution in [2.75, 3.05) is 20.3 Å². The average molecular weight is 221 g/mol. The zero-order valence-corrected chi connectivity index (χ0v) is 9.86. The Morgan fingerprint density at radius 1 is 1.44 bits per heavy atom. The van der Waals surface area contributed by atoms with Gasteiger partial charge in [-0.25, -0.2) is 5.84 Å². The van der Waals surface area contributed by atoms with Crippen LogP contribution in [-0.4, -0.2) is 26.1 Å². The molecule has 0 aliphatic heterocycles. The van der Waals surface area contributed by atoms with Gasteiger partial charge < -0.3 is 10.2 Å². The number of benzene rings is 1. The number of ether oxygens (including phenoxy) is 1. The van der Waals surface area contributed by atoms with Crippen molar-refractivity contribution < 1.29 is 4.74 Å². The van der Waals surface area contributed by atoms with Gasteiger partial charge in [0.2, 0.25) is 0 Å². The molecule has 4 nitrogen and oxygen atoms in total. The van der Waals surface area contributed by atoms with Crippen LogP contribution in [-0.2, 0) is 11.2 Å². The summed E-state index contributed by atoms with van der Waals surface area (Å²) in [6.07, 6.45) is 0.729. The first kappa shape index (κ1) is 12.7. The molecular formula is C12H19N3O. The van der Waals surface area contributed by atoms with Gasteiger partial charge in [0.15, 0.2) is 0 Å². The predicted octanol–water partition coefficient (Wildman–Crippen LogP) is 1.05. The molecule has 0 radical (unpaired) electrons. The Balaban J connectivity index is 2.63. The Bertz CT molecular complexity index is 350. The smallest absolute Gasteiger partial charge is 0.115 e. The van der Waals surface area contributed by atoms with Gasteiger partial charge in [-0.1, -0.05) is 24.3 Å². The molecule has 0 amide bonds. The minimum absolute atomic E-state index is 0.610. The lowest BCUT2D eigenvalue weighted by molar-refractivity contribution is 0.208. The summed E-state index contributed by atoms with van der Waals surface area (Å²) in [5, 5.41) is 0. The Morgan fingerprint density at radius 3 is 2.81 bits per heavy atom. The molecule has 1 aromatic carbocycles. The topological polar surface area (TPSA) is 59.6 Å². The fourth-order valence-electron chi connectivity index (χ4n) is 1.41. The highest BCUT2D eigenvalue weighted by Crippen LogP contribution is 2.07. The van der Waals surface area contributed by atoms with Crippen molar-refractivity contribution >= 4 is 5.84 Å². The van der Waals surface area contributed by atoms with Crippen molar-refractivity contribution in [1.29, 1.82) is 0 Å². The van der Waals surface area contributed by atoms with Crippen molar-refractivity contribution in [1.82, 2.24) is 5.43 Å². The molecule has 0 bridgehead atoms. The van der Waals surface area contributed by atoms with Gasteiger partial charge >= 0.3 is 0 Å². The number of aliphatic imine (C=N–C) groups is 1. The van der Waals surface area contributed by atoms with Crippen LogP contribution < -0.4 is 11.3 Å². The van der Waals surface area contributed by atoms with Gasteiger partial charge in [-0.15, -0.1) is 0 Å². The molecule has 1 rings (SSSR count). The predicted molar refractivity (Wildman–Crippen MR) is 66.4 cm³/mol. The summed E-state index contributed by atoms with van der Waals surface area (Å²) < 4.78 is 4.93. The molecular weight excluding hydrogens is 202 g/mol. The zero-order valence-electron chi connectivity index (χ0n) is 9.86. The van der Waals surface area contributed by atoms with E-state index in [0.29, 0.717) is 13.2 Å². The lowest BCUT2D eigenvalue weighted by Gasteiger charge is -2.08. The van der Waals surface area contributed by atoms with E-state index < -0.39 is 0 Å². The number of hydrogen-bond donors (Lipinski definition) is 2. The molecule has 0 aliphatic rings. The number of aryl methyl sites for hydroxylation is 1. The Labute approximate surface area is 96.5 Å². The summed E-state index contributed by atoms with van der Waals surface area (Å²) in [5.74, 6) is 6.21. The van der Waals surface area contributed by atoms with Crippen LogP contribution in [0.3, 0.4) is 0 Å². The first-order valence-electron chi connectivity index (χ1n) is 5.31. The largest absolute Gasteiger partial charge is 0.383 e. The summed E-state index contributed by atoms with van der Waals surface area (Å²) in [4.78, 5) is 4.32. The summed E-state index contributed by atoms with van der Waals surface area (Å²) in [7, 11) is 1.66. The molecule has 0 spiro atoms. The van der Waals surface area contributed by atoms with Crippen LogP contribution in [0.4, 0.5) is 0 Å². The summed E-state index contributed by atoms with van der Waals surface area (Å²) in [5.41, 5.74) is 5.11. The molecule has 0 aliphatic carbocycles. The second-order valence-electron chi connectivity index (χ2n) is 3.57. The molecule has 0 atom stereocenters. The van der Waals surface area contributed by atoms with Gasteiger partial charge in [0.05, 0.1) is 13.2 Å². The fourth-order valence-corrected chi connectivity index (χ4v) is 1.41. The lowest BCUT2D eigenvalue weighted by Crippen LogP contribution is -2.32. The van der Waals surface area contributed by atoms with Crippen LogP contribution in [0.5, 0.6) is 0 Å². The Hall–Kier alpha value is -1.39. The highest BCUT2D eigenvalue weighted by molar-refractivity contribution is 5.84. The van der Waals surface area contributed by atoms with Crippen molar-refractivity contribution in [3.63, 3.8) is 0 Å². The molecule has 0 aromatic heterocycles. The van der Waals surface area contributed by atoms with E-state index in [-0.39, 0.29) is 0 Å². The van der Waals surface area contributed by atoms with E-state index in [1.165, 1.54) is 11.1 Å². The second kappa shape index (κ2) is 6.98. The maximum atomic E-state index is 5.43. The lowest BCUT2D eigenvalue weighted by atomic mass is 10.1. The highest BCUT2D eigenvalue weighted by Gasteiger charge is 2.01. The third-order valence-electron chi connectivity index (χ3n) is 2.38. The van der Waals surface area contributed by atoms with Crippen molar-refractivity contribution in [3.8, 4) is 0 Å². The standard InChI is InChI=1S/C12H19N3O/c1-10-5-3-4-6-11(10)9-12(15-13)14-7-8-16-2/h3-6H,7-9,13H2,1-2H3,(H,14,15). The van der Waals surface area contributed by atoms with E-state index in [2.05, 4.69) is 29.5 Å². The normalized spacial score (nSPS) is 11.6. The van der Waals surface area contributed by atoms with Crippen LogP contribution in [0.15, 0.2) is 29.3 Å². The van der Waals surface area contributed by atoms with E-state index in [1.807, 2.05) is 12.1 Å². The van der Waals surface area contributed by atoms with Gasteiger partial charge in [-0.2, -0.15) is 0 Å². The van der Waals surface area contributed by atoms with Gasteiger partial charge in [-0.3, -0.25) is 4.99 Å². The molecule has 1 aromatic rings. The van der Waals surface area contributed by atoms with E-state index in [0.717, 1.165) is 12.3 Å². The molecule has 0 saturated heterocycles. The van der Waals surface area contributed by atoms with Gasteiger partial charge in [-0.05, 0) is 18.1 Å². The number of hydrazine groups is 1. The van der Waals surface area contributed by atoms with Crippen molar-refractivity contribution in [3.05, 3.63) is 35.4 Å². The zero-order chi connectivity index (χ0) is 11.8. The van der Waals surface area contributed by atoms with Crippen molar-refractivity contribution in [2.45, 2.75) is 13.3 Å². The Kier molecular flexibility index (Phi) is 5.53. The van der Waals surface area contributed by atoms with Gasteiger partial charge in [0.25, 0.3) is 0 Å². The third kappa shape index (κ3) is 4.00. The van der Waals surface area contributed by atoms with E-state index >= 15 is 0 Å². The maximum Gasteiger partial charge on any atom is 0.115 e. The maximum absolute atomic E-state index is 5.43. The summed E-state index contributed by atoms with van der Waals surface area (Å²) in [6, 6.07) is 8.21. The first-order chi connectivity index (χ1) is 7.77. The molecule has 16 heavy (non-hydrogen) atoms. The molecule has 3 N–H and O–H groups in total. The number of nitrogens with zero attached hydrogens (tertiary/aromatic N) is 1. The number of amidine groups is 1. The monoisotopic (exact) mass is 221 g/mol. The number of nitrogens with one attached hydrogen (secondary N) is 1.